The number of nitrogens with zero attached hydrogens (tertiary/aromatic N) is 1. The predicted molar refractivity (Wildman–Crippen MR) is 126 cm³/mol. The molecular formula is C24H20BrFN4O. The Morgan fingerprint density at radius 3 is 2.52 bits per heavy atom. The number of guanidine groups is 1. The third-order valence-electron chi connectivity index (χ3n) is 4.77. The van der Waals surface area contributed by atoms with Gasteiger partial charge in [0.1, 0.15) is 5.82 Å². The Kier molecular flexibility index (Phi) is 6.43. The number of hydrogen-bond acceptors (Lipinski definition) is 2. The maximum atomic E-state index is 13.2. The monoisotopic (exact) mass is 478 g/mol. The number of fused-ring (bicyclic) bond motifs is 1. The summed E-state index contributed by atoms with van der Waals surface area (Å²) in [6.45, 7) is 0.477. The summed E-state index contributed by atoms with van der Waals surface area (Å²) in [6.07, 6.45) is 2.70. The molecule has 0 radical (unpaired) electrons. The zero-order valence-electron chi connectivity index (χ0n) is 16.5. The zero-order valence-corrected chi connectivity index (χ0v) is 18.1. The molecule has 31 heavy (non-hydrogen) atoms. The van der Waals surface area contributed by atoms with E-state index in [1.807, 2.05) is 48.7 Å². The van der Waals surface area contributed by atoms with E-state index >= 15 is 0 Å². The number of H-pyrrole nitrogens is 1. The van der Waals surface area contributed by atoms with Crippen molar-refractivity contribution >= 4 is 44.4 Å². The second-order valence-corrected chi connectivity index (χ2v) is 7.85. The first-order valence-corrected chi connectivity index (χ1v) is 10.6. The molecule has 0 unspecified atom stereocenters. The highest BCUT2D eigenvalue weighted by Crippen LogP contribution is 2.18. The summed E-state index contributed by atoms with van der Waals surface area (Å²) >= 11 is 3.41. The molecule has 0 aliphatic heterocycles. The van der Waals surface area contributed by atoms with E-state index in [4.69, 9.17) is 0 Å². The number of carbonyl (C=O) groups excluding carboxylic acids is 1. The van der Waals surface area contributed by atoms with E-state index in [0.29, 0.717) is 24.5 Å². The molecule has 0 bridgehead atoms. The molecule has 0 atom stereocenters. The molecule has 1 heterocycles. The van der Waals surface area contributed by atoms with Crippen LogP contribution in [0.15, 0.2) is 88.5 Å². The number of aromatic amines is 1. The van der Waals surface area contributed by atoms with Gasteiger partial charge in [-0.2, -0.15) is 0 Å². The first-order chi connectivity index (χ1) is 15.1. The first-order valence-electron chi connectivity index (χ1n) is 9.77. The van der Waals surface area contributed by atoms with Gasteiger partial charge in [-0.25, -0.2) is 4.39 Å². The van der Waals surface area contributed by atoms with Gasteiger partial charge >= 0.3 is 0 Å². The fourth-order valence-electron chi connectivity index (χ4n) is 3.19. The molecule has 1 amide bonds. The summed E-state index contributed by atoms with van der Waals surface area (Å²) < 4.78 is 14.1. The molecule has 5 nitrogen and oxygen atoms in total. The lowest BCUT2D eigenvalue weighted by Gasteiger charge is -2.12. The lowest BCUT2D eigenvalue weighted by molar-refractivity contribution is 0.0977. The van der Waals surface area contributed by atoms with Crippen LogP contribution in [-0.4, -0.2) is 23.4 Å². The Labute approximate surface area is 187 Å². The molecule has 7 heteroatoms. The summed E-state index contributed by atoms with van der Waals surface area (Å²) in [5, 5.41) is 7.10. The van der Waals surface area contributed by atoms with Crippen LogP contribution in [0.4, 0.5) is 10.1 Å². The van der Waals surface area contributed by atoms with E-state index in [-0.39, 0.29) is 5.91 Å². The molecule has 0 spiro atoms. The van der Waals surface area contributed by atoms with Crippen molar-refractivity contribution in [3.8, 4) is 0 Å². The standard InChI is InChI=1S/C24H20BrFN4O/c25-18-7-11-20(12-8-18)29-24(30-23(31)16-5-9-19(26)10-6-16)27-14-13-17-15-28-22-4-2-1-3-21(17)22/h1-12,15,28H,13-14H2,(H2,27,29,30,31). The molecule has 1 aromatic heterocycles. The SMILES string of the molecule is O=C(NC(=NCCc1c[nH]c2ccccc12)Nc1ccc(Br)cc1)c1ccc(F)cc1. The number of aromatic nitrogens is 1. The third kappa shape index (κ3) is 5.38. The van der Waals surface area contributed by atoms with Gasteiger partial charge < -0.3 is 10.3 Å². The predicted octanol–water partition coefficient (Wildman–Crippen LogP) is 5.51. The Morgan fingerprint density at radius 1 is 1.00 bits per heavy atom. The van der Waals surface area contributed by atoms with Gasteiger partial charge in [0.05, 0.1) is 0 Å². The van der Waals surface area contributed by atoms with E-state index < -0.39 is 5.82 Å². The van der Waals surface area contributed by atoms with Gasteiger partial charge in [0.25, 0.3) is 5.91 Å². The Balaban J connectivity index is 1.51. The number of para-hydroxylation sites is 1. The molecule has 3 N–H and O–H groups in total. The number of benzene rings is 3. The van der Waals surface area contributed by atoms with E-state index in [2.05, 4.69) is 42.6 Å². The molecule has 0 aliphatic rings. The number of anilines is 1. The lowest BCUT2D eigenvalue weighted by atomic mass is 10.1. The fraction of sp³-hybridized carbons (Fsp3) is 0.0833. The van der Waals surface area contributed by atoms with Crippen LogP contribution in [0.25, 0.3) is 10.9 Å². The van der Waals surface area contributed by atoms with Crippen LogP contribution in [0.1, 0.15) is 15.9 Å². The minimum Gasteiger partial charge on any atom is -0.361 e. The molecule has 0 saturated heterocycles. The maximum Gasteiger partial charge on any atom is 0.257 e. The van der Waals surface area contributed by atoms with Gasteiger partial charge in [0, 0.05) is 39.4 Å². The molecule has 0 fully saturated rings. The number of aliphatic imine (C=N–C) groups is 1. The van der Waals surface area contributed by atoms with Crippen LogP contribution in [0.3, 0.4) is 0 Å². The van der Waals surface area contributed by atoms with Crippen molar-refractivity contribution < 1.29 is 9.18 Å². The van der Waals surface area contributed by atoms with Gasteiger partial charge in [-0.1, -0.05) is 34.1 Å². The number of halogens is 2. The molecule has 3 aromatic carbocycles. The molecular weight excluding hydrogens is 459 g/mol. The van der Waals surface area contributed by atoms with E-state index in [1.165, 1.54) is 24.3 Å². The van der Waals surface area contributed by atoms with Crippen LogP contribution in [0.2, 0.25) is 0 Å². The van der Waals surface area contributed by atoms with Crippen LogP contribution in [-0.2, 0) is 6.42 Å². The smallest absolute Gasteiger partial charge is 0.257 e. The first kappa shape index (κ1) is 20.8. The summed E-state index contributed by atoms with van der Waals surface area (Å²) in [6, 6.07) is 21.0. The summed E-state index contributed by atoms with van der Waals surface area (Å²) in [7, 11) is 0. The topological polar surface area (TPSA) is 69.3 Å². The summed E-state index contributed by atoms with van der Waals surface area (Å²) in [5.41, 5.74) is 3.38. The lowest BCUT2D eigenvalue weighted by Crippen LogP contribution is -2.36. The van der Waals surface area contributed by atoms with Gasteiger partial charge in [-0.15, -0.1) is 0 Å². The Morgan fingerprint density at radius 2 is 1.74 bits per heavy atom. The highest BCUT2D eigenvalue weighted by Gasteiger charge is 2.10. The average Bonchev–Trinajstić information content (AvgIpc) is 3.19. The van der Waals surface area contributed by atoms with E-state index in [1.54, 1.807) is 0 Å². The highest BCUT2D eigenvalue weighted by atomic mass is 79.9. The molecule has 4 rings (SSSR count). The normalized spacial score (nSPS) is 11.5. The van der Waals surface area contributed by atoms with Crippen LogP contribution >= 0.6 is 15.9 Å². The Hall–Kier alpha value is -3.45. The molecule has 4 aromatic rings. The van der Waals surface area contributed by atoms with Crippen molar-refractivity contribution in [2.24, 2.45) is 4.99 Å². The number of carbonyl (C=O) groups is 1. The third-order valence-corrected chi connectivity index (χ3v) is 5.30. The van der Waals surface area contributed by atoms with Crippen LogP contribution < -0.4 is 10.6 Å². The number of amides is 1. The van der Waals surface area contributed by atoms with Crippen molar-refractivity contribution in [1.82, 2.24) is 10.3 Å². The Bertz CT molecular complexity index is 1220. The van der Waals surface area contributed by atoms with E-state index in [9.17, 15) is 9.18 Å². The van der Waals surface area contributed by atoms with E-state index in [0.717, 1.165) is 26.6 Å². The van der Waals surface area contributed by atoms with Crippen molar-refractivity contribution in [3.05, 3.63) is 100 Å². The average molecular weight is 479 g/mol. The van der Waals surface area contributed by atoms with Gasteiger partial charge in [-0.3, -0.25) is 15.1 Å². The zero-order chi connectivity index (χ0) is 21.6. The van der Waals surface area contributed by atoms with Crippen molar-refractivity contribution in [1.29, 1.82) is 0 Å². The summed E-state index contributed by atoms with van der Waals surface area (Å²) in [4.78, 5) is 20.5. The summed E-state index contributed by atoms with van der Waals surface area (Å²) in [5.74, 6) is -0.427. The van der Waals surface area contributed by atoms with Crippen LogP contribution in [0.5, 0.6) is 0 Å². The molecule has 0 saturated carbocycles. The molecule has 0 aliphatic carbocycles. The minimum atomic E-state index is -0.392. The number of nitrogens with one attached hydrogen (secondary N) is 3. The van der Waals surface area contributed by atoms with Crippen molar-refractivity contribution in [3.63, 3.8) is 0 Å². The van der Waals surface area contributed by atoms with Crippen molar-refractivity contribution in [2.75, 3.05) is 11.9 Å². The van der Waals surface area contributed by atoms with Gasteiger partial charge in [0.2, 0.25) is 5.96 Å². The fourth-order valence-corrected chi connectivity index (χ4v) is 3.45. The number of rotatable bonds is 5. The highest BCUT2D eigenvalue weighted by molar-refractivity contribution is 9.10. The maximum absolute atomic E-state index is 13.2. The largest absolute Gasteiger partial charge is 0.361 e. The van der Waals surface area contributed by atoms with Crippen molar-refractivity contribution in [2.45, 2.75) is 6.42 Å². The second kappa shape index (κ2) is 9.57. The van der Waals surface area contributed by atoms with Crippen LogP contribution in [0, 0.1) is 5.82 Å². The minimum absolute atomic E-state index is 0.330. The number of hydrogen-bond donors (Lipinski definition) is 3. The second-order valence-electron chi connectivity index (χ2n) is 6.93. The van der Waals surface area contributed by atoms with Gasteiger partial charge in [-0.05, 0) is 66.6 Å². The molecule has 156 valence electrons. The quantitative estimate of drug-likeness (QED) is 0.261. The van der Waals surface area contributed by atoms with Gasteiger partial charge in [0.15, 0.2) is 0 Å².